The van der Waals surface area contributed by atoms with E-state index in [1.807, 2.05) is 50.4 Å². The van der Waals surface area contributed by atoms with E-state index >= 15 is 0 Å². The van der Waals surface area contributed by atoms with Crippen LogP contribution in [0.4, 0.5) is 5.82 Å². The first-order chi connectivity index (χ1) is 13.4. The average molecular weight is 440 g/mol. The van der Waals surface area contributed by atoms with Gasteiger partial charge in [0.05, 0.1) is 5.69 Å². The molecule has 1 amide bonds. The molecule has 1 aromatic carbocycles. The van der Waals surface area contributed by atoms with Crippen LogP contribution in [-0.2, 0) is 11.8 Å². The number of amides is 1. The quantitative estimate of drug-likeness (QED) is 0.531. The molecule has 0 radical (unpaired) electrons. The van der Waals surface area contributed by atoms with E-state index in [1.165, 1.54) is 12.5 Å². The number of aryl methyl sites for hydroxylation is 2. The highest BCUT2D eigenvalue weighted by Gasteiger charge is 2.36. The van der Waals surface area contributed by atoms with Gasteiger partial charge in [0.1, 0.15) is 17.3 Å². The van der Waals surface area contributed by atoms with Gasteiger partial charge in [0.25, 0.3) is 0 Å². The number of carbonyl (C=O) groups is 1. The molecular formula is C22H22BrN3O2. The predicted octanol–water partition coefficient (Wildman–Crippen LogP) is 5.53. The van der Waals surface area contributed by atoms with Crippen LogP contribution in [0.2, 0.25) is 0 Å². The van der Waals surface area contributed by atoms with Crippen LogP contribution in [0.5, 0.6) is 0 Å². The van der Waals surface area contributed by atoms with Crippen molar-refractivity contribution in [3.63, 3.8) is 0 Å². The third-order valence-corrected chi connectivity index (χ3v) is 5.65. The zero-order valence-corrected chi connectivity index (χ0v) is 17.7. The lowest BCUT2D eigenvalue weighted by Crippen LogP contribution is -2.12. The predicted molar refractivity (Wildman–Crippen MR) is 114 cm³/mol. The number of anilines is 1. The van der Waals surface area contributed by atoms with Gasteiger partial charge < -0.3 is 9.73 Å². The number of hydrogen-bond donors (Lipinski definition) is 1. The third-order valence-electron chi connectivity index (χ3n) is 5.12. The van der Waals surface area contributed by atoms with E-state index in [4.69, 9.17) is 4.42 Å². The van der Waals surface area contributed by atoms with Crippen molar-refractivity contribution in [1.82, 2.24) is 9.78 Å². The zero-order chi connectivity index (χ0) is 19.8. The van der Waals surface area contributed by atoms with Gasteiger partial charge in [-0.3, -0.25) is 9.48 Å². The molecule has 1 saturated carbocycles. The second-order valence-electron chi connectivity index (χ2n) is 7.32. The second-order valence-corrected chi connectivity index (χ2v) is 8.24. The third kappa shape index (κ3) is 3.83. The Morgan fingerprint density at radius 3 is 2.68 bits per heavy atom. The Bertz CT molecular complexity index is 1050. The van der Waals surface area contributed by atoms with Gasteiger partial charge in [-0.05, 0) is 55.2 Å². The van der Waals surface area contributed by atoms with Gasteiger partial charge >= 0.3 is 0 Å². The highest BCUT2D eigenvalue weighted by molar-refractivity contribution is 9.10. The lowest BCUT2D eigenvalue weighted by Gasteiger charge is -2.07. The molecule has 2 aromatic heterocycles. The van der Waals surface area contributed by atoms with Crippen LogP contribution in [0.15, 0.2) is 51.4 Å². The smallest absolute Gasteiger partial charge is 0.249 e. The van der Waals surface area contributed by atoms with Crippen molar-refractivity contribution >= 4 is 33.7 Å². The maximum atomic E-state index is 12.5. The van der Waals surface area contributed by atoms with Gasteiger partial charge in [-0.1, -0.05) is 35.0 Å². The molecule has 0 bridgehead atoms. The molecule has 144 valence electrons. The van der Waals surface area contributed by atoms with Crippen LogP contribution in [0.1, 0.15) is 36.5 Å². The molecule has 3 aromatic rings. The summed E-state index contributed by atoms with van der Waals surface area (Å²) in [5.41, 5.74) is 2.78. The van der Waals surface area contributed by atoms with Crippen LogP contribution in [0, 0.1) is 12.8 Å². The van der Waals surface area contributed by atoms with Gasteiger partial charge in [-0.2, -0.15) is 5.10 Å². The highest BCUT2D eigenvalue weighted by Crippen LogP contribution is 2.47. The SMILES string of the molecule is Cc1nn(C)c(NC(=O)/C=C/c2ccc(C3CC3C)o2)c1-c1ccc(Br)cc1. The Kier molecular flexibility index (Phi) is 4.98. The van der Waals surface area contributed by atoms with E-state index in [1.54, 1.807) is 10.8 Å². The molecule has 2 heterocycles. The molecule has 1 aliphatic carbocycles. The van der Waals surface area contributed by atoms with Crippen molar-refractivity contribution < 1.29 is 9.21 Å². The Labute approximate surface area is 172 Å². The minimum absolute atomic E-state index is 0.223. The number of hydrogen-bond acceptors (Lipinski definition) is 3. The van der Waals surface area contributed by atoms with E-state index in [2.05, 4.69) is 33.3 Å². The van der Waals surface area contributed by atoms with Gasteiger partial charge in [0.2, 0.25) is 5.91 Å². The lowest BCUT2D eigenvalue weighted by molar-refractivity contribution is -0.111. The topological polar surface area (TPSA) is 60.1 Å². The van der Waals surface area contributed by atoms with Gasteiger partial charge in [-0.15, -0.1) is 0 Å². The van der Waals surface area contributed by atoms with Crippen LogP contribution in [0.3, 0.4) is 0 Å². The highest BCUT2D eigenvalue weighted by atomic mass is 79.9. The van der Waals surface area contributed by atoms with Gasteiger partial charge in [0, 0.05) is 29.1 Å². The number of furan rings is 1. The molecule has 2 unspecified atom stereocenters. The molecular weight excluding hydrogens is 418 g/mol. The number of nitrogens with zero attached hydrogens (tertiary/aromatic N) is 2. The molecule has 1 N–H and O–H groups in total. The molecule has 2 atom stereocenters. The Balaban J connectivity index is 1.51. The van der Waals surface area contributed by atoms with Crippen LogP contribution in [-0.4, -0.2) is 15.7 Å². The zero-order valence-electron chi connectivity index (χ0n) is 16.1. The van der Waals surface area contributed by atoms with Crippen molar-refractivity contribution in [2.24, 2.45) is 13.0 Å². The molecule has 1 fully saturated rings. The van der Waals surface area contributed by atoms with Crippen molar-refractivity contribution in [3.05, 3.63) is 64.2 Å². The lowest BCUT2D eigenvalue weighted by atomic mass is 10.1. The second kappa shape index (κ2) is 7.43. The minimum atomic E-state index is -0.223. The summed E-state index contributed by atoms with van der Waals surface area (Å²) in [7, 11) is 1.82. The summed E-state index contributed by atoms with van der Waals surface area (Å²) in [6.45, 7) is 4.15. The van der Waals surface area contributed by atoms with E-state index in [-0.39, 0.29) is 5.91 Å². The fourth-order valence-corrected chi connectivity index (χ4v) is 3.72. The van der Waals surface area contributed by atoms with Crippen LogP contribution in [0.25, 0.3) is 17.2 Å². The van der Waals surface area contributed by atoms with Crippen molar-refractivity contribution in [1.29, 1.82) is 0 Å². The molecule has 5 nitrogen and oxygen atoms in total. The maximum Gasteiger partial charge on any atom is 0.249 e. The number of halogens is 1. The van der Waals surface area contributed by atoms with Gasteiger partial charge in [0.15, 0.2) is 0 Å². The van der Waals surface area contributed by atoms with Crippen molar-refractivity contribution in [2.45, 2.75) is 26.2 Å². The van der Waals surface area contributed by atoms with Crippen molar-refractivity contribution in [2.75, 3.05) is 5.32 Å². The first-order valence-electron chi connectivity index (χ1n) is 9.30. The standard InChI is InChI=1S/C22H22BrN3O2/c1-13-12-18(13)19-10-8-17(28-19)9-11-20(27)24-22-21(14(2)25-26(22)3)15-4-6-16(23)7-5-15/h4-11,13,18H,12H2,1-3H3,(H,24,27)/b11-9+. The molecule has 4 rings (SSSR count). The van der Waals surface area contributed by atoms with E-state index in [0.29, 0.717) is 23.4 Å². The Hall–Kier alpha value is -2.60. The molecule has 0 spiro atoms. The number of aromatic nitrogens is 2. The van der Waals surface area contributed by atoms with Crippen LogP contribution < -0.4 is 5.32 Å². The summed E-state index contributed by atoms with van der Waals surface area (Å²) < 4.78 is 8.52. The molecule has 6 heteroatoms. The Morgan fingerprint density at radius 2 is 2.00 bits per heavy atom. The van der Waals surface area contributed by atoms with Crippen molar-refractivity contribution in [3.8, 4) is 11.1 Å². The summed E-state index contributed by atoms with van der Waals surface area (Å²) in [5, 5.41) is 7.42. The molecule has 28 heavy (non-hydrogen) atoms. The molecule has 0 saturated heterocycles. The normalized spacial score (nSPS) is 18.6. The molecule has 1 aliphatic rings. The summed E-state index contributed by atoms with van der Waals surface area (Å²) >= 11 is 3.45. The average Bonchev–Trinajstić information content (AvgIpc) is 3.09. The number of rotatable bonds is 5. The monoisotopic (exact) mass is 439 g/mol. The summed E-state index contributed by atoms with van der Waals surface area (Å²) in [6, 6.07) is 11.9. The van der Waals surface area contributed by atoms with Gasteiger partial charge in [-0.25, -0.2) is 0 Å². The number of nitrogens with one attached hydrogen (secondary N) is 1. The largest absolute Gasteiger partial charge is 0.461 e. The summed E-state index contributed by atoms with van der Waals surface area (Å²) in [5.74, 6) is 3.37. The fourth-order valence-electron chi connectivity index (χ4n) is 3.46. The Morgan fingerprint density at radius 1 is 1.29 bits per heavy atom. The van der Waals surface area contributed by atoms with Crippen LogP contribution >= 0.6 is 15.9 Å². The maximum absolute atomic E-state index is 12.5. The first-order valence-corrected chi connectivity index (χ1v) is 10.1. The van der Waals surface area contributed by atoms with E-state index in [0.717, 1.165) is 27.1 Å². The van der Waals surface area contributed by atoms with E-state index < -0.39 is 0 Å². The fraction of sp³-hybridized carbons (Fsp3) is 0.273. The molecule has 0 aliphatic heterocycles. The number of carbonyl (C=O) groups excluding carboxylic acids is 1. The minimum Gasteiger partial charge on any atom is -0.461 e. The first kappa shape index (κ1) is 18.7. The number of benzene rings is 1. The van der Waals surface area contributed by atoms with E-state index in [9.17, 15) is 4.79 Å². The summed E-state index contributed by atoms with van der Waals surface area (Å²) in [4.78, 5) is 12.5. The summed E-state index contributed by atoms with van der Waals surface area (Å²) in [6.07, 6.45) is 4.37.